The van der Waals surface area contributed by atoms with Gasteiger partial charge >= 0.3 is 5.97 Å². The molecule has 2 atom stereocenters. The third kappa shape index (κ3) is 6.08. The number of nitrogens with one attached hydrogen (secondary N) is 1. The van der Waals surface area contributed by atoms with Crippen LogP contribution < -0.4 is 10.2 Å². The molecule has 0 aliphatic heterocycles. The molecule has 0 amide bonds. The number of hydrogen-bond acceptors (Lipinski definition) is 5. The van der Waals surface area contributed by atoms with Gasteiger partial charge in [0.25, 0.3) is 0 Å². The fourth-order valence-electron chi connectivity index (χ4n) is 5.26. The number of pyridine rings is 1. The van der Waals surface area contributed by atoms with Crippen LogP contribution in [0.1, 0.15) is 80.0 Å². The minimum Gasteiger partial charge on any atom is -0.482 e. The lowest BCUT2D eigenvalue weighted by Crippen LogP contribution is -2.25. The first-order chi connectivity index (χ1) is 15.7. The van der Waals surface area contributed by atoms with Crippen LogP contribution in [0.2, 0.25) is 0 Å². The molecule has 2 aliphatic carbocycles. The van der Waals surface area contributed by atoms with Crippen molar-refractivity contribution >= 4 is 5.97 Å². The molecule has 0 radical (unpaired) electrons. The maximum atomic E-state index is 10.9. The van der Waals surface area contributed by atoms with Crippen LogP contribution in [0.25, 0.3) is 0 Å². The number of hydroxylamine groups is 1. The van der Waals surface area contributed by atoms with Crippen LogP contribution in [0, 0.1) is 5.92 Å². The molecule has 1 saturated carbocycles. The zero-order chi connectivity index (χ0) is 22.2. The summed E-state index contributed by atoms with van der Waals surface area (Å²) in [4.78, 5) is 21.2. The van der Waals surface area contributed by atoms with Gasteiger partial charge in [-0.1, -0.05) is 43.9 Å². The van der Waals surface area contributed by atoms with E-state index >= 15 is 0 Å². The van der Waals surface area contributed by atoms with Crippen molar-refractivity contribution < 1.29 is 19.5 Å². The highest BCUT2D eigenvalue weighted by Crippen LogP contribution is 2.38. The predicted octanol–water partition coefficient (Wildman–Crippen LogP) is 5.20. The fourth-order valence-corrected chi connectivity index (χ4v) is 5.26. The molecular weight excluding hydrogens is 404 g/mol. The van der Waals surface area contributed by atoms with Crippen molar-refractivity contribution in [2.24, 2.45) is 5.92 Å². The summed E-state index contributed by atoms with van der Waals surface area (Å²) in [6, 6.07) is 10.3. The highest BCUT2D eigenvalue weighted by Gasteiger charge is 2.24. The molecule has 1 aromatic carbocycles. The van der Waals surface area contributed by atoms with Gasteiger partial charge in [-0.25, -0.2) is 4.79 Å². The average Bonchev–Trinajstić information content (AvgIpc) is 3.33. The summed E-state index contributed by atoms with van der Waals surface area (Å²) in [5.41, 5.74) is 6.96. The molecule has 1 heterocycles. The summed E-state index contributed by atoms with van der Waals surface area (Å²) in [5.74, 6) is 0.920. The van der Waals surface area contributed by atoms with Gasteiger partial charge in [0.1, 0.15) is 5.75 Å². The second-order valence-corrected chi connectivity index (χ2v) is 9.08. The Balaban J connectivity index is 1.33. The van der Waals surface area contributed by atoms with Crippen molar-refractivity contribution in [2.75, 3.05) is 13.2 Å². The SMILES string of the molecule is O=C(O)COc1cccc2c1CCCC2CCONC(CC1CCCC1)c1cccnc1. The Morgan fingerprint density at radius 2 is 2.03 bits per heavy atom. The van der Waals surface area contributed by atoms with Gasteiger partial charge in [0.2, 0.25) is 0 Å². The zero-order valence-electron chi connectivity index (χ0n) is 18.7. The van der Waals surface area contributed by atoms with Crippen molar-refractivity contribution in [2.45, 2.75) is 69.7 Å². The lowest BCUT2D eigenvalue weighted by molar-refractivity contribution is -0.139. The van der Waals surface area contributed by atoms with Gasteiger partial charge in [-0.2, -0.15) is 5.48 Å². The van der Waals surface area contributed by atoms with Gasteiger partial charge in [-0.05, 0) is 72.8 Å². The Bertz CT molecular complexity index is 867. The van der Waals surface area contributed by atoms with E-state index in [0.717, 1.165) is 43.6 Å². The number of carboxylic acids is 1. The average molecular weight is 439 g/mol. The molecule has 2 unspecified atom stereocenters. The van der Waals surface area contributed by atoms with Gasteiger partial charge < -0.3 is 14.7 Å². The molecule has 2 aliphatic rings. The molecule has 0 spiro atoms. The predicted molar refractivity (Wildman–Crippen MR) is 123 cm³/mol. The van der Waals surface area contributed by atoms with E-state index in [1.54, 1.807) is 0 Å². The van der Waals surface area contributed by atoms with Crippen molar-refractivity contribution in [3.63, 3.8) is 0 Å². The number of carbonyl (C=O) groups is 1. The second kappa shape index (κ2) is 11.4. The van der Waals surface area contributed by atoms with E-state index in [-0.39, 0.29) is 12.6 Å². The van der Waals surface area contributed by atoms with Crippen molar-refractivity contribution in [1.29, 1.82) is 0 Å². The fraction of sp³-hybridized carbons (Fsp3) is 0.538. The highest BCUT2D eigenvalue weighted by atomic mass is 16.6. The summed E-state index contributed by atoms with van der Waals surface area (Å²) in [6.07, 6.45) is 14.2. The van der Waals surface area contributed by atoms with E-state index in [1.165, 1.54) is 36.8 Å². The minimum absolute atomic E-state index is 0.168. The maximum absolute atomic E-state index is 10.9. The molecule has 2 aromatic rings. The molecule has 6 nitrogen and oxygen atoms in total. The molecule has 172 valence electrons. The van der Waals surface area contributed by atoms with Gasteiger partial charge in [0.15, 0.2) is 6.61 Å². The zero-order valence-corrected chi connectivity index (χ0v) is 18.7. The first-order valence-electron chi connectivity index (χ1n) is 11.9. The van der Waals surface area contributed by atoms with Crippen LogP contribution in [0.15, 0.2) is 42.7 Å². The number of fused-ring (bicyclic) bond motifs is 1. The number of nitrogens with zero attached hydrogens (tertiary/aromatic N) is 1. The van der Waals surface area contributed by atoms with E-state index in [2.05, 4.69) is 22.6 Å². The van der Waals surface area contributed by atoms with Gasteiger partial charge in [-0.15, -0.1) is 0 Å². The number of rotatable bonds is 11. The summed E-state index contributed by atoms with van der Waals surface area (Å²) in [7, 11) is 0. The normalized spacial score (nSPS) is 19.4. The Labute approximate surface area is 190 Å². The second-order valence-electron chi connectivity index (χ2n) is 9.08. The van der Waals surface area contributed by atoms with Gasteiger partial charge in [-0.3, -0.25) is 4.98 Å². The van der Waals surface area contributed by atoms with Crippen molar-refractivity contribution in [1.82, 2.24) is 10.5 Å². The van der Waals surface area contributed by atoms with Crippen LogP contribution >= 0.6 is 0 Å². The van der Waals surface area contributed by atoms with Gasteiger partial charge in [0.05, 0.1) is 12.6 Å². The summed E-state index contributed by atoms with van der Waals surface area (Å²) < 4.78 is 5.53. The van der Waals surface area contributed by atoms with Crippen LogP contribution in [0.4, 0.5) is 0 Å². The quantitative estimate of drug-likeness (QED) is 0.371. The smallest absolute Gasteiger partial charge is 0.341 e. The summed E-state index contributed by atoms with van der Waals surface area (Å²) >= 11 is 0. The Morgan fingerprint density at radius 3 is 2.81 bits per heavy atom. The van der Waals surface area contributed by atoms with Crippen LogP contribution in [-0.4, -0.2) is 29.3 Å². The van der Waals surface area contributed by atoms with E-state index in [0.29, 0.717) is 18.3 Å². The molecular formula is C26H34N2O4. The number of hydrogen-bond donors (Lipinski definition) is 2. The van der Waals surface area contributed by atoms with Crippen molar-refractivity contribution in [3.8, 4) is 5.75 Å². The number of benzene rings is 1. The molecule has 4 rings (SSSR count). The van der Waals surface area contributed by atoms with E-state index in [4.69, 9.17) is 14.7 Å². The van der Waals surface area contributed by atoms with E-state index in [9.17, 15) is 4.79 Å². The Hall–Kier alpha value is -2.44. The number of aliphatic carboxylic acids is 1. The number of ether oxygens (including phenoxy) is 1. The van der Waals surface area contributed by atoms with Gasteiger partial charge in [0, 0.05) is 12.4 Å². The maximum Gasteiger partial charge on any atom is 0.341 e. The third-order valence-electron chi connectivity index (χ3n) is 6.86. The standard InChI is InChI=1S/C26H34N2O4/c29-26(30)18-31-25-12-4-10-22-20(8-3-11-23(22)25)13-15-32-28-24(16-19-6-1-2-7-19)21-9-5-14-27-17-21/h4-5,9-10,12,14,17,19-20,24,28H,1-3,6-8,11,13,15-16,18H2,(H,29,30). The minimum atomic E-state index is -0.949. The van der Waals surface area contributed by atoms with Crippen LogP contribution in [0.5, 0.6) is 5.75 Å². The Kier molecular flexibility index (Phi) is 8.13. The highest BCUT2D eigenvalue weighted by molar-refractivity contribution is 5.68. The number of carboxylic acid groups (broad SMARTS) is 1. The molecule has 1 aromatic heterocycles. The van der Waals surface area contributed by atoms with Crippen molar-refractivity contribution in [3.05, 3.63) is 59.4 Å². The molecule has 32 heavy (non-hydrogen) atoms. The monoisotopic (exact) mass is 438 g/mol. The molecule has 1 fully saturated rings. The van der Waals surface area contributed by atoms with E-state index in [1.807, 2.05) is 30.6 Å². The largest absolute Gasteiger partial charge is 0.482 e. The third-order valence-corrected chi connectivity index (χ3v) is 6.86. The lowest BCUT2D eigenvalue weighted by Gasteiger charge is -2.27. The number of aromatic nitrogens is 1. The first-order valence-corrected chi connectivity index (χ1v) is 11.9. The molecule has 2 N–H and O–H groups in total. The topological polar surface area (TPSA) is 80.7 Å². The summed E-state index contributed by atoms with van der Waals surface area (Å²) in [5, 5.41) is 8.94. The summed E-state index contributed by atoms with van der Waals surface area (Å²) in [6.45, 7) is 0.330. The molecule has 6 heteroatoms. The Morgan fingerprint density at radius 1 is 1.16 bits per heavy atom. The lowest BCUT2D eigenvalue weighted by atomic mass is 9.81. The van der Waals surface area contributed by atoms with E-state index < -0.39 is 5.97 Å². The van der Waals surface area contributed by atoms with Crippen LogP contribution in [0.3, 0.4) is 0 Å². The van der Waals surface area contributed by atoms with Crippen LogP contribution in [-0.2, 0) is 16.1 Å². The molecule has 0 bridgehead atoms. The molecule has 0 saturated heterocycles. The first kappa shape index (κ1) is 22.7.